The number of carboxylic acid groups (broad SMARTS) is 2. The van der Waals surface area contributed by atoms with Gasteiger partial charge in [0.2, 0.25) is 0 Å². The molecule has 224 valence electrons. The Labute approximate surface area is 247 Å². The molecule has 0 bridgehead atoms. The van der Waals surface area contributed by atoms with E-state index in [1.54, 1.807) is 25.0 Å². The third-order valence-electron chi connectivity index (χ3n) is 3.12. The molecule has 0 heterocycles. The van der Waals surface area contributed by atoms with E-state index in [-0.39, 0.29) is 30.4 Å². The molecule has 0 atom stereocenters. The van der Waals surface area contributed by atoms with Gasteiger partial charge < -0.3 is 30.8 Å². The SMILES string of the molecule is CS(C)=O.CS(C)=O.O=C([O-])c1cc([N+](=O)[O-])cc([N+](=O)[O-])c1.O=C([O-])c1cc([N+](=O)[O-])cc([N+](=O)[O-])c1.[OH3+].[OH3+].[Zn+2]. The zero-order valence-electron chi connectivity index (χ0n) is 21.6. The number of nitrogens with zero attached hydrogens (tertiary/aromatic N) is 4. The number of rotatable bonds is 6. The molecule has 23 heteroatoms. The molecule has 0 aliphatic carbocycles. The molecule has 0 aliphatic rings. The largest absolute Gasteiger partial charge is 2.00 e. The molecule has 2 aromatic carbocycles. The van der Waals surface area contributed by atoms with Crippen LogP contribution in [0.4, 0.5) is 22.7 Å². The number of non-ortho nitro benzene ring substituents is 4. The van der Waals surface area contributed by atoms with Crippen molar-refractivity contribution in [2.24, 2.45) is 0 Å². The summed E-state index contributed by atoms with van der Waals surface area (Å²) >= 11 is 0. The van der Waals surface area contributed by atoms with Gasteiger partial charge in [-0.15, -0.1) is 0 Å². The normalized spacial score (nSPS) is 8.73. The van der Waals surface area contributed by atoms with Crippen molar-refractivity contribution in [3.05, 3.63) is 88.0 Å². The number of hydrogen-bond donors (Lipinski definition) is 0. The predicted molar refractivity (Wildman–Crippen MR) is 138 cm³/mol. The zero-order valence-corrected chi connectivity index (χ0v) is 26.2. The van der Waals surface area contributed by atoms with Crippen LogP contribution in [0.2, 0.25) is 0 Å². The molecule has 0 saturated carbocycles. The minimum absolute atomic E-state index is 0. The van der Waals surface area contributed by atoms with Crippen LogP contribution in [0.1, 0.15) is 20.7 Å². The van der Waals surface area contributed by atoms with E-state index in [0.29, 0.717) is 36.4 Å². The zero-order chi connectivity index (χ0) is 30.3. The van der Waals surface area contributed by atoms with Gasteiger partial charge in [-0.25, -0.2) is 0 Å². The maximum atomic E-state index is 10.4. The van der Waals surface area contributed by atoms with Crippen molar-refractivity contribution >= 4 is 56.3 Å². The first-order valence-electron chi connectivity index (χ1n) is 9.10. The predicted octanol–water partition coefficient (Wildman–Crippen LogP) is -2.12. The molecule has 0 aliphatic heterocycles. The maximum absolute atomic E-state index is 10.4. The summed E-state index contributed by atoms with van der Waals surface area (Å²) in [7, 11) is -1.22. The third kappa shape index (κ3) is 21.3. The number of carbonyl (C=O) groups excluding carboxylic acids is 2. The van der Waals surface area contributed by atoms with E-state index in [2.05, 4.69) is 0 Å². The Morgan fingerprint density at radius 2 is 0.683 bits per heavy atom. The Hall–Kier alpha value is -4.18. The van der Waals surface area contributed by atoms with Gasteiger partial charge in [0.05, 0.1) is 43.8 Å². The van der Waals surface area contributed by atoms with Crippen LogP contribution in [0.3, 0.4) is 0 Å². The number of carbonyl (C=O) groups is 2. The van der Waals surface area contributed by atoms with Crippen LogP contribution in [0.15, 0.2) is 36.4 Å². The first-order chi connectivity index (χ1) is 17.3. The van der Waals surface area contributed by atoms with E-state index in [4.69, 9.17) is 0 Å². The summed E-state index contributed by atoms with van der Waals surface area (Å²) in [5.41, 5.74) is -3.86. The quantitative estimate of drug-likeness (QED) is 0.136. The Balaban J connectivity index is -0.000000158. The molecular weight excluding hydrogens is 658 g/mol. The molecule has 41 heavy (non-hydrogen) atoms. The Bertz CT molecular complexity index is 1030. The van der Waals surface area contributed by atoms with E-state index in [9.17, 15) is 68.7 Å². The van der Waals surface area contributed by atoms with Crippen LogP contribution < -0.4 is 10.2 Å². The molecule has 6 N–H and O–H groups in total. The minimum Gasteiger partial charge on any atom is -0.545 e. The smallest absolute Gasteiger partial charge is 0.545 e. The average Bonchev–Trinajstić information content (AvgIpc) is 2.77. The summed E-state index contributed by atoms with van der Waals surface area (Å²) in [5.74, 6) is -3.41. The average molecular weight is 682 g/mol. The standard InChI is InChI=1S/2C7H4N2O6.2C2H6OS.2H2O.Zn/c2*10-7(11)4-1-5(8(12)13)3-6(2-4)9(14)15;2*1-4(2)3;;;/h2*1-3H,(H,10,11);2*1-2H3;2*1H2;/q;;;;;;+2. The van der Waals surface area contributed by atoms with Crippen molar-refractivity contribution in [1.82, 2.24) is 0 Å². The molecule has 0 aromatic heterocycles. The number of benzene rings is 2. The Morgan fingerprint density at radius 3 is 0.780 bits per heavy atom. The molecule has 2 rings (SSSR count). The first kappa shape index (κ1) is 46.7. The Kier molecular flexibility index (Phi) is 25.7. The van der Waals surface area contributed by atoms with Crippen molar-refractivity contribution < 1.29 is 78.3 Å². The van der Waals surface area contributed by atoms with Crippen molar-refractivity contribution in [3.63, 3.8) is 0 Å². The second-order valence-electron chi connectivity index (χ2n) is 6.56. The molecule has 0 amide bonds. The number of hydrogen-bond acceptors (Lipinski definition) is 14. The maximum Gasteiger partial charge on any atom is 2.00 e. The molecule has 0 radical (unpaired) electrons. The van der Waals surface area contributed by atoms with Gasteiger partial charge in [-0.05, 0) is 0 Å². The minimum atomic E-state index is -1.71. The Morgan fingerprint density at radius 1 is 0.537 bits per heavy atom. The summed E-state index contributed by atoms with van der Waals surface area (Å²) in [6, 6.07) is 4.13. The molecular formula is C18H24N4O16S2Zn+2. The summed E-state index contributed by atoms with van der Waals surface area (Å²) in [5, 5.41) is 62.1. The van der Waals surface area contributed by atoms with Gasteiger partial charge in [0.25, 0.3) is 22.7 Å². The van der Waals surface area contributed by atoms with Crippen LogP contribution in [0.5, 0.6) is 0 Å². The molecule has 2 aromatic rings. The third-order valence-corrected chi connectivity index (χ3v) is 3.12. The van der Waals surface area contributed by atoms with Crippen LogP contribution >= 0.6 is 0 Å². The second kappa shape index (κ2) is 22.6. The van der Waals surface area contributed by atoms with E-state index >= 15 is 0 Å². The van der Waals surface area contributed by atoms with Gasteiger partial charge in [-0.2, -0.15) is 0 Å². The van der Waals surface area contributed by atoms with Crippen molar-refractivity contribution in [1.29, 1.82) is 0 Å². The van der Waals surface area contributed by atoms with Gasteiger partial charge >= 0.3 is 19.5 Å². The number of nitro benzene ring substituents is 4. The van der Waals surface area contributed by atoms with Crippen molar-refractivity contribution in [3.8, 4) is 0 Å². The topological polar surface area (TPSA) is 353 Å². The van der Waals surface area contributed by atoms with Crippen LogP contribution in [-0.4, -0.2) is 65.1 Å². The van der Waals surface area contributed by atoms with Gasteiger partial charge in [0.15, 0.2) is 0 Å². The van der Waals surface area contributed by atoms with Crippen molar-refractivity contribution in [2.75, 3.05) is 25.0 Å². The number of nitro groups is 4. The van der Waals surface area contributed by atoms with E-state index in [1.165, 1.54) is 0 Å². The molecule has 0 fully saturated rings. The molecule has 0 unspecified atom stereocenters. The van der Waals surface area contributed by atoms with E-state index in [0.717, 1.165) is 0 Å². The van der Waals surface area contributed by atoms with Gasteiger partial charge in [0.1, 0.15) is 0 Å². The van der Waals surface area contributed by atoms with E-state index < -0.39 is 87.1 Å². The van der Waals surface area contributed by atoms with Gasteiger partial charge in [-0.3, -0.25) is 48.9 Å². The fraction of sp³-hybridized carbons (Fsp3) is 0.222. The summed E-state index contributed by atoms with van der Waals surface area (Å²) in [6.45, 7) is 0. The summed E-state index contributed by atoms with van der Waals surface area (Å²) in [4.78, 5) is 58.4. The summed E-state index contributed by atoms with van der Waals surface area (Å²) in [6.07, 6.45) is 6.56. The first-order valence-corrected chi connectivity index (χ1v) is 13.0. The van der Waals surface area contributed by atoms with Crippen LogP contribution in [0, 0.1) is 40.5 Å². The molecule has 20 nitrogen and oxygen atoms in total. The summed E-state index contributed by atoms with van der Waals surface area (Å²) < 4.78 is 19.1. The van der Waals surface area contributed by atoms with Gasteiger partial charge in [-0.1, -0.05) is 0 Å². The van der Waals surface area contributed by atoms with Gasteiger partial charge in [0, 0.05) is 82.0 Å². The second-order valence-corrected chi connectivity index (χ2v) is 9.53. The number of carboxylic acids is 2. The fourth-order valence-corrected chi connectivity index (χ4v) is 1.85. The molecule has 0 saturated heterocycles. The van der Waals surface area contributed by atoms with Crippen molar-refractivity contribution in [2.45, 2.75) is 0 Å². The van der Waals surface area contributed by atoms with Crippen LogP contribution in [-0.2, 0) is 52.0 Å². The molecule has 0 spiro atoms. The van der Waals surface area contributed by atoms with Crippen LogP contribution in [0.25, 0.3) is 0 Å². The van der Waals surface area contributed by atoms with E-state index in [1.807, 2.05) is 0 Å². The number of aromatic carboxylic acids is 2. The fourth-order valence-electron chi connectivity index (χ4n) is 1.85. The monoisotopic (exact) mass is 680 g/mol.